The van der Waals surface area contributed by atoms with E-state index in [4.69, 9.17) is 0 Å². The fraction of sp³-hybridized carbons (Fsp3) is 1.00. The molecule has 0 heterocycles. The van der Waals surface area contributed by atoms with Gasteiger partial charge in [-0.3, -0.25) is 0 Å². The average Bonchev–Trinajstić information content (AvgIpc) is 2.42. The Bertz CT molecular complexity index is 694. The summed E-state index contributed by atoms with van der Waals surface area (Å²) in [5.74, 6) is -41.6. The van der Waals surface area contributed by atoms with Crippen molar-refractivity contribution in [1.82, 2.24) is 0 Å². The monoisotopic (exact) mass is 500 g/mol. The normalized spacial score (nSPS) is 17.6. The van der Waals surface area contributed by atoms with Crippen LogP contribution >= 0.6 is 10.7 Å². The summed E-state index contributed by atoms with van der Waals surface area (Å²) in [6.07, 6.45) is -14.2. The summed E-state index contributed by atoms with van der Waals surface area (Å²) in [7, 11) is -3.28. The lowest BCUT2D eigenvalue weighted by Crippen LogP contribution is -2.72. The van der Waals surface area contributed by atoms with Gasteiger partial charge in [-0.2, -0.15) is 65.9 Å². The number of halogens is 17. The minimum atomic E-state index is -8.56. The Hall–Kier alpha value is -0.880. The molecule has 0 saturated carbocycles. The Morgan fingerprint density at radius 2 is 0.857 bits per heavy atom. The lowest BCUT2D eigenvalue weighted by molar-refractivity contribution is -0.444. The van der Waals surface area contributed by atoms with Crippen LogP contribution in [0, 0.1) is 0 Å². The molecule has 0 aromatic heterocycles. The molecule has 0 fully saturated rings. The highest BCUT2D eigenvalue weighted by Gasteiger charge is 2.92. The van der Waals surface area contributed by atoms with E-state index < -0.39 is 56.3 Å². The van der Waals surface area contributed by atoms with E-state index in [0.29, 0.717) is 0 Å². The van der Waals surface area contributed by atoms with Gasteiger partial charge in [-0.25, -0.2) is 12.8 Å². The zero-order chi connectivity index (χ0) is 23.6. The first-order chi connectivity index (χ1) is 11.7. The van der Waals surface area contributed by atoms with Crippen LogP contribution in [0.1, 0.15) is 0 Å². The highest BCUT2D eigenvalue weighted by atomic mass is 35.7. The summed E-state index contributed by atoms with van der Waals surface area (Å²) in [5.41, 5.74) is 0. The summed E-state index contributed by atoms with van der Waals surface area (Å²) in [6.45, 7) is 0. The van der Waals surface area contributed by atoms with Gasteiger partial charge in [0.2, 0.25) is 6.17 Å². The molecule has 0 radical (unpaired) electrons. The van der Waals surface area contributed by atoms with Gasteiger partial charge in [0.1, 0.15) is 0 Å². The van der Waals surface area contributed by atoms with Crippen molar-refractivity contribution >= 4 is 19.7 Å². The first kappa shape index (κ1) is 27.1. The van der Waals surface area contributed by atoms with Crippen molar-refractivity contribution in [3.8, 4) is 0 Å². The van der Waals surface area contributed by atoms with Crippen LogP contribution in [0.4, 0.5) is 70.2 Å². The topological polar surface area (TPSA) is 34.1 Å². The molecule has 170 valence electrons. The van der Waals surface area contributed by atoms with Crippen molar-refractivity contribution < 1.29 is 78.7 Å². The van der Waals surface area contributed by atoms with E-state index in [1.807, 2.05) is 0 Å². The van der Waals surface area contributed by atoms with Gasteiger partial charge >= 0.3 is 50.1 Å². The van der Waals surface area contributed by atoms with E-state index in [-0.39, 0.29) is 0 Å². The smallest absolute Gasteiger partial charge is 0.232 e. The molecule has 0 rings (SSSR count). The Balaban J connectivity index is 6.64. The predicted octanol–water partition coefficient (Wildman–Crippen LogP) is 5.22. The summed E-state index contributed by atoms with van der Waals surface area (Å²) in [5, 5.41) is -6.90. The Morgan fingerprint density at radius 3 is 1.11 bits per heavy atom. The summed E-state index contributed by atoms with van der Waals surface area (Å²) >= 11 is 0. The maximum atomic E-state index is 13.1. The standard InChI is InChI=1S/C8HClF16O2S/c9-28(26,27)3(13,14)1(10)2(11,12)4(15,16)5(17,18)6(19,20)7(21,22)8(23,24)25/h1H. The third-order valence-electron chi connectivity index (χ3n) is 2.90. The van der Waals surface area contributed by atoms with Crippen LogP contribution in [0.15, 0.2) is 0 Å². The van der Waals surface area contributed by atoms with E-state index in [2.05, 4.69) is 10.7 Å². The fourth-order valence-electron chi connectivity index (χ4n) is 1.28. The zero-order valence-corrected chi connectivity index (χ0v) is 13.3. The van der Waals surface area contributed by atoms with Gasteiger partial charge in [-0.1, -0.05) is 0 Å². The second kappa shape index (κ2) is 6.56. The van der Waals surface area contributed by atoms with E-state index in [9.17, 15) is 78.7 Å². The maximum Gasteiger partial charge on any atom is 0.460 e. The molecular weight excluding hydrogens is 500 g/mol. The highest BCUT2D eigenvalue weighted by molar-refractivity contribution is 8.14. The first-order valence-corrected chi connectivity index (χ1v) is 7.88. The van der Waals surface area contributed by atoms with Crippen LogP contribution < -0.4 is 0 Å². The summed E-state index contributed by atoms with van der Waals surface area (Å²) in [6, 6.07) is 0. The molecule has 28 heavy (non-hydrogen) atoms. The molecular formula is C8HClF16O2S. The van der Waals surface area contributed by atoms with Gasteiger partial charge < -0.3 is 0 Å². The molecule has 20 heteroatoms. The van der Waals surface area contributed by atoms with Crippen molar-refractivity contribution in [2.24, 2.45) is 0 Å². The van der Waals surface area contributed by atoms with Crippen LogP contribution in [-0.4, -0.2) is 55.6 Å². The number of rotatable bonds is 7. The molecule has 0 spiro atoms. The van der Waals surface area contributed by atoms with Crippen LogP contribution in [-0.2, 0) is 9.05 Å². The molecule has 0 saturated heterocycles. The molecule has 0 amide bonds. The lowest BCUT2D eigenvalue weighted by Gasteiger charge is -2.40. The minimum absolute atomic E-state index is 3.71. The predicted molar refractivity (Wildman–Crippen MR) is 55.4 cm³/mol. The third kappa shape index (κ3) is 3.45. The van der Waals surface area contributed by atoms with Crippen LogP contribution in [0.3, 0.4) is 0 Å². The second-order valence-electron chi connectivity index (χ2n) is 4.78. The molecule has 0 N–H and O–H groups in total. The largest absolute Gasteiger partial charge is 0.460 e. The van der Waals surface area contributed by atoms with Crippen LogP contribution in [0.2, 0.25) is 0 Å². The van der Waals surface area contributed by atoms with E-state index in [1.165, 1.54) is 0 Å². The fourth-order valence-corrected chi connectivity index (χ4v) is 1.91. The molecule has 0 aromatic carbocycles. The number of alkyl halides is 16. The van der Waals surface area contributed by atoms with Crippen molar-refractivity contribution in [3.05, 3.63) is 0 Å². The Kier molecular flexibility index (Phi) is 6.36. The SMILES string of the molecule is O=S(=O)(Cl)C(F)(F)C(F)C(F)(F)C(F)(F)C(F)(F)C(F)(F)C(F)(F)C(F)(F)F. The van der Waals surface area contributed by atoms with Gasteiger partial charge in [0.15, 0.2) is 0 Å². The van der Waals surface area contributed by atoms with Gasteiger partial charge in [0.05, 0.1) is 0 Å². The first-order valence-electron chi connectivity index (χ1n) is 5.57. The van der Waals surface area contributed by atoms with E-state index >= 15 is 0 Å². The van der Waals surface area contributed by atoms with Gasteiger partial charge in [0.25, 0.3) is 0 Å². The molecule has 0 aliphatic rings. The highest BCUT2D eigenvalue weighted by Crippen LogP contribution is 2.61. The van der Waals surface area contributed by atoms with Crippen molar-refractivity contribution in [2.75, 3.05) is 0 Å². The van der Waals surface area contributed by atoms with Gasteiger partial charge in [0, 0.05) is 10.7 Å². The van der Waals surface area contributed by atoms with E-state index in [1.54, 1.807) is 0 Å². The molecule has 1 atom stereocenters. The molecule has 0 aromatic rings. The Morgan fingerprint density at radius 1 is 0.571 bits per heavy atom. The van der Waals surface area contributed by atoms with Crippen molar-refractivity contribution in [1.29, 1.82) is 0 Å². The number of hydrogen-bond donors (Lipinski definition) is 0. The third-order valence-corrected chi connectivity index (χ3v) is 4.37. The number of hydrogen-bond acceptors (Lipinski definition) is 2. The van der Waals surface area contributed by atoms with Gasteiger partial charge in [-0.05, 0) is 0 Å². The molecule has 2 nitrogen and oxygen atoms in total. The van der Waals surface area contributed by atoms with Crippen molar-refractivity contribution in [3.63, 3.8) is 0 Å². The molecule has 0 aliphatic heterocycles. The molecule has 0 aliphatic carbocycles. The van der Waals surface area contributed by atoms with Crippen molar-refractivity contribution in [2.45, 2.75) is 47.2 Å². The average molecular weight is 501 g/mol. The quantitative estimate of drug-likeness (QED) is 0.355. The Labute approximate surface area is 146 Å². The minimum Gasteiger partial charge on any atom is -0.232 e. The lowest BCUT2D eigenvalue weighted by atomic mass is 9.92. The molecule has 0 bridgehead atoms. The zero-order valence-electron chi connectivity index (χ0n) is 11.7. The van der Waals surface area contributed by atoms with Gasteiger partial charge in [-0.15, -0.1) is 0 Å². The van der Waals surface area contributed by atoms with Crippen LogP contribution in [0.25, 0.3) is 0 Å². The molecule has 1 unspecified atom stereocenters. The summed E-state index contributed by atoms with van der Waals surface area (Å²) < 4.78 is 223. The summed E-state index contributed by atoms with van der Waals surface area (Å²) in [4.78, 5) is 0. The second-order valence-corrected chi connectivity index (χ2v) is 7.42. The van der Waals surface area contributed by atoms with Crippen LogP contribution in [0.5, 0.6) is 0 Å². The van der Waals surface area contributed by atoms with E-state index in [0.717, 1.165) is 0 Å². The maximum absolute atomic E-state index is 13.1.